The standard InChI is InChI=1S/C22H33N3O4/c1-28-22(27)20-18(24-25-12-3-2-7-19(20)25)13-23-21(26)16-8-10-17(11-9-16)29-14-15-5-4-6-15/h15-17H,2-14H2,1H3,(H,23,26). The van der Waals surface area contributed by atoms with Gasteiger partial charge in [-0.05, 0) is 63.7 Å². The first kappa shape index (κ1) is 20.4. The summed E-state index contributed by atoms with van der Waals surface area (Å²) in [5.41, 5.74) is 2.11. The van der Waals surface area contributed by atoms with E-state index in [1.54, 1.807) is 0 Å². The molecule has 2 saturated carbocycles. The Morgan fingerprint density at radius 3 is 2.59 bits per heavy atom. The summed E-state index contributed by atoms with van der Waals surface area (Å²) in [5, 5.41) is 7.60. The van der Waals surface area contributed by atoms with Gasteiger partial charge in [0.05, 0.1) is 31.1 Å². The number of methoxy groups -OCH3 is 1. The van der Waals surface area contributed by atoms with E-state index in [1.165, 1.54) is 26.4 Å². The highest BCUT2D eigenvalue weighted by Gasteiger charge is 2.30. The third-order valence-electron chi connectivity index (χ3n) is 6.82. The lowest BCUT2D eigenvalue weighted by molar-refractivity contribution is -0.127. The summed E-state index contributed by atoms with van der Waals surface area (Å²) in [6, 6.07) is 0. The zero-order chi connectivity index (χ0) is 20.2. The summed E-state index contributed by atoms with van der Waals surface area (Å²) < 4.78 is 12.9. The summed E-state index contributed by atoms with van der Waals surface area (Å²) in [6.45, 7) is 1.99. The van der Waals surface area contributed by atoms with Gasteiger partial charge < -0.3 is 14.8 Å². The molecule has 1 amide bonds. The van der Waals surface area contributed by atoms with Crippen molar-refractivity contribution in [3.05, 3.63) is 17.0 Å². The normalized spacial score (nSPS) is 24.4. The van der Waals surface area contributed by atoms with E-state index in [1.807, 2.05) is 4.68 Å². The largest absolute Gasteiger partial charge is 0.465 e. The molecule has 0 atom stereocenters. The number of hydrogen-bond acceptors (Lipinski definition) is 5. The molecule has 1 aromatic rings. The van der Waals surface area contributed by atoms with Crippen LogP contribution < -0.4 is 5.32 Å². The average Bonchev–Trinajstić information content (AvgIpc) is 3.09. The van der Waals surface area contributed by atoms with Gasteiger partial charge in [0.2, 0.25) is 5.91 Å². The minimum atomic E-state index is -0.360. The highest BCUT2D eigenvalue weighted by atomic mass is 16.5. The van der Waals surface area contributed by atoms with Crippen LogP contribution in [0.1, 0.15) is 79.5 Å². The van der Waals surface area contributed by atoms with E-state index < -0.39 is 0 Å². The molecule has 4 rings (SSSR count). The lowest BCUT2D eigenvalue weighted by atomic mass is 9.85. The number of esters is 1. The van der Waals surface area contributed by atoms with Gasteiger partial charge in [0.25, 0.3) is 0 Å². The van der Waals surface area contributed by atoms with Crippen molar-refractivity contribution in [1.82, 2.24) is 15.1 Å². The molecule has 0 bridgehead atoms. The lowest BCUT2D eigenvalue weighted by Crippen LogP contribution is -2.35. The van der Waals surface area contributed by atoms with Crippen LogP contribution in [0.25, 0.3) is 0 Å². The van der Waals surface area contributed by atoms with Crippen molar-refractivity contribution in [3.63, 3.8) is 0 Å². The van der Waals surface area contributed by atoms with Crippen LogP contribution in [0.15, 0.2) is 0 Å². The molecule has 1 N–H and O–H groups in total. The predicted octanol–water partition coefficient (Wildman–Crippen LogP) is 3.00. The molecule has 1 aliphatic heterocycles. The van der Waals surface area contributed by atoms with Crippen LogP contribution in [0, 0.1) is 11.8 Å². The second kappa shape index (κ2) is 9.28. The minimum absolute atomic E-state index is 0.0253. The number of aryl methyl sites for hydroxylation is 1. The maximum absolute atomic E-state index is 12.7. The van der Waals surface area contributed by atoms with Crippen LogP contribution in [-0.2, 0) is 33.8 Å². The number of hydrogen-bond donors (Lipinski definition) is 1. The van der Waals surface area contributed by atoms with Crippen LogP contribution in [0.3, 0.4) is 0 Å². The van der Waals surface area contributed by atoms with Crippen LogP contribution in [0.4, 0.5) is 0 Å². The van der Waals surface area contributed by atoms with E-state index in [0.717, 1.165) is 69.7 Å². The van der Waals surface area contributed by atoms with E-state index in [2.05, 4.69) is 10.4 Å². The first-order chi connectivity index (χ1) is 14.2. The van der Waals surface area contributed by atoms with Gasteiger partial charge in [-0.3, -0.25) is 9.48 Å². The number of carbonyl (C=O) groups is 2. The van der Waals surface area contributed by atoms with Gasteiger partial charge in [0.1, 0.15) is 5.56 Å². The van der Waals surface area contributed by atoms with Crippen molar-refractivity contribution in [2.24, 2.45) is 11.8 Å². The highest BCUT2D eigenvalue weighted by Crippen LogP contribution is 2.30. The van der Waals surface area contributed by atoms with Gasteiger partial charge >= 0.3 is 5.97 Å². The molecule has 2 fully saturated rings. The first-order valence-electron chi connectivity index (χ1n) is 11.2. The maximum atomic E-state index is 12.7. The molecule has 2 heterocycles. The predicted molar refractivity (Wildman–Crippen MR) is 107 cm³/mol. The van der Waals surface area contributed by atoms with Gasteiger partial charge in [-0.2, -0.15) is 5.10 Å². The SMILES string of the molecule is COC(=O)c1c(CNC(=O)C2CCC(OCC3CCC3)CC2)nn2c1CCCC2. The molecule has 7 nitrogen and oxygen atoms in total. The first-order valence-corrected chi connectivity index (χ1v) is 11.2. The second-order valence-electron chi connectivity index (χ2n) is 8.76. The minimum Gasteiger partial charge on any atom is -0.465 e. The van der Waals surface area contributed by atoms with Gasteiger partial charge in [0, 0.05) is 19.1 Å². The number of carbonyl (C=O) groups excluding carboxylic acids is 2. The Morgan fingerprint density at radius 1 is 1.10 bits per heavy atom. The Bertz CT molecular complexity index is 733. The van der Waals surface area contributed by atoms with Crippen molar-refractivity contribution in [2.75, 3.05) is 13.7 Å². The Morgan fingerprint density at radius 2 is 1.90 bits per heavy atom. The summed E-state index contributed by atoms with van der Waals surface area (Å²) in [6.07, 6.45) is 10.9. The molecule has 29 heavy (non-hydrogen) atoms. The van der Waals surface area contributed by atoms with E-state index >= 15 is 0 Å². The van der Waals surface area contributed by atoms with Crippen molar-refractivity contribution >= 4 is 11.9 Å². The van der Waals surface area contributed by atoms with E-state index in [4.69, 9.17) is 9.47 Å². The molecule has 0 radical (unpaired) electrons. The Labute approximate surface area is 172 Å². The quantitative estimate of drug-likeness (QED) is 0.708. The number of aromatic nitrogens is 2. The van der Waals surface area contributed by atoms with E-state index in [0.29, 0.717) is 17.4 Å². The lowest BCUT2D eigenvalue weighted by Gasteiger charge is -2.31. The number of ether oxygens (including phenoxy) is 2. The molecule has 0 saturated heterocycles. The van der Waals surface area contributed by atoms with Crippen molar-refractivity contribution in [3.8, 4) is 0 Å². The zero-order valence-corrected chi connectivity index (χ0v) is 17.5. The van der Waals surface area contributed by atoms with Gasteiger partial charge in [-0.1, -0.05) is 6.42 Å². The fourth-order valence-corrected chi connectivity index (χ4v) is 4.74. The fraction of sp³-hybridized carbons (Fsp3) is 0.773. The van der Waals surface area contributed by atoms with Crippen LogP contribution in [0.5, 0.6) is 0 Å². The smallest absolute Gasteiger partial charge is 0.341 e. The second-order valence-corrected chi connectivity index (χ2v) is 8.76. The molecule has 2 aliphatic carbocycles. The summed E-state index contributed by atoms with van der Waals surface area (Å²) in [4.78, 5) is 25.0. The topological polar surface area (TPSA) is 82.4 Å². The van der Waals surface area contributed by atoms with Crippen LogP contribution >= 0.6 is 0 Å². The van der Waals surface area contributed by atoms with Crippen molar-refractivity contribution in [2.45, 2.75) is 83.4 Å². The molecule has 0 spiro atoms. The average molecular weight is 404 g/mol. The highest BCUT2D eigenvalue weighted by molar-refractivity contribution is 5.92. The number of nitrogens with zero attached hydrogens (tertiary/aromatic N) is 2. The molecular weight excluding hydrogens is 370 g/mol. The summed E-state index contributed by atoms with van der Waals surface area (Å²) in [7, 11) is 1.39. The van der Waals surface area contributed by atoms with Crippen LogP contribution in [0.2, 0.25) is 0 Å². The molecule has 1 aromatic heterocycles. The summed E-state index contributed by atoms with van der Waals surface area (Å²) in [5.74, 6) is 0.490. The maximum Gasteiger partial charge on any atom is 0.341 e. The molecule has 3 aliphatic rings. The van der Waals surface area contributed by atoms with Gasteiger partial charge in [-0.25, -0.2) is 4.79 Å². The Balaban J connectivity index is 1.28. The summed E-state index contributed by atoms with van der Waals surface area (Å²) >= 11 is 0. The Kier molecular flexibility index (Phi) is 6.53. The number of fused-ring (bicyclic) bond motifs is 1. The molecule has 0 aromatic carbocycles. The zero-order valence-electron chi connectivity index (χ0n) is 17.5. The number of rotatable bonds is 7. The fourth-order valence-electron chi connectivity index (χ4n) is 4.74. The number of nitrogens with one attached hydrogen (secondary N) is 1. The van der Waals surface area contributed by atoms with Crippen molar-refractivity contribution < 1.29 is 19.1 Å². The van der Waals surface area contributed by atoms with Crippen molar-refractivity contribution in [1.29, 1.82) is 0 Å². The molecular formula is C22H33N3O4. The number of amides is 1. The molecule has 160 valence electrons. The van der Waals surface area contributed by atoms with Gasteiger partial charge in [-0.15, -0.1) is 0 Å². The van der Waals surface area contributed by atoms with E-state index in [9.17, 15) is 9.59 Å². The Hall–Kier alpha value is -1.89. The third-order valence-corrected chi connectivity index (χ3v) is 6.82. The molecule has 7 heteroatoms. The molecule has 0 unspecified atom stereocenters. The van der Waals surface area contributed by atoms with Crippen LogP contribution in [-0.4, -0.2) is 41.5 Å². The van der Waals surface area contributed by atoms with Gasteiger partial charge in [0.15, 0.2) is 0 Å². The van der Waals surface area contributed by atoms with E-state index in [-0.39, 0.29) is 24.3 Å². The third kappa shape index (κ3) is 4.65. The monoisotopic (exact) mass is 403 g/mol.